The van der Waals surface area contributed by atoms with E-state index in [1.807, 2.05) is 25.3 Å². The SMILES string of the molecule is C/C(=C\c1csc(-c2ccc(C)cc2)n1)[C@@H]1C[C@@H]2N[C@]2(C)CCC[C@H](C)[C@H](O)[C@@H](C)C(=O)C(C)(C)[C@@H](O)CC(=O)O1. The number of benzene rings is 1. The summed E-state index contributed by atoms with van der Waals surface area (Å²) in [6.07, 6.45) is 2.38. The predicted molar refractivity (Wildman–Crippen MR) is 163 cm³/mol. The minimum absolute atomic E-state index is 0.0543. The van der Waals surface area contributed by atoms with Gasteiger partial charge in [-0.3, -0.25) is 9.59 Å². The first-order chi connectivity index (χ1) is 19.2. The maximum atomic E-state index is 13.3. The Hall–Kier alpha value is -2.39. The molecule has 7 atom stereocenters. The molecule has 3 N–H and O–H groups in total. The number of esters is 1. The molecule has 2 aromatic rings. The van der Waals surface area contributed by atoms with Gasteiger partial charge >= 0.3 is 5.97 Å². The molecule has 2 saturated heterocycles. The summed E-state index contributed by atoms with van der Waals surface area (Å²) in [6, 6.07) is 8.45. The van der Waals surface area contributed by atoms with E-state index in [1.165, 1.54) is 5.56 Å². The molecule has 7 nitrogen and oxygen atoms in total. The maximum absolute atomic E-state index is 13.3. The first-order valence-electron chi connectivity index (χ1n) is 14.8. The van der Waals surface area contributed by atoms with Crippen LogP contribution in [0.15, 0.2) is 35.2 Å². The molecule has 0 spiro atoms. The lowest BCUT2D eigenvalue weighted by Crippen LogP contribution is -2.45. The summed E-state index contributed by atoms with van der Waals surface area (Å²) in [4.78, 5) is 31.3. The molecular weight excluding hydrogens is 536 g/mol. The minimum atomic E-state index is -1.23. The third-order valence-corrected chi connectivity index (χ3v) is 10.2. The van der Waals surface area contributed by atoms with Gasteiger partial charge in [0.15, 0.2) is 0 Å². The number of aryl methyl sites for hydroxylation is 1. The van der Waals surface area contributed by atoms with Crippen LogP contribution in [0.25, 0.3) is 16.6 Å². The number of cyclic esters (lactones) is 1. The van der Waals surface area contributed by atoms with Gasteiger partial charge in [-0.2, -0.15) is 0 Å². The van der Waals surface area contributed by atoms with Crippen LogP contribution in [0, 0.1) is 24.2 Å². The van der Waals surface area contributed by atoms with Crippen LogP contribution in [0.5, 0.6) is 0 Å². The number of aromatic nitrogens is 1. The van der Waals surface area contributed by atoms with Gasteiger partial charge in [0.1, 0.15) is 16.9 Å². The van der Waals surface area contributed by atoms with Gasteiger partial charge in [-0.05, 0) is 51.2 Å². The molecule has 3 heterocycles. The number of carbonyl (C=O) groups excluding carboxylic acids is 2. The third-order valence-electron chi connectivity index (χ3n) is 9.31. The Morgan fingerprint density at radius 1 is 1.15 bits per heavy atom. The average molecular weight is 583 g/mol. The van der Waals surface area contributed by atoms with E-state index in [-0.39, 0.29) is 29.7 Å². The molecule has 1 aromatic heterocycles. The number of ketones is 1. The summed E-state index contributed by atoms with van der Waals surface area (Å²) in [5.74, 6) is -1.50. The van der Waals surface area contributed by atoms with Gasteiger partial charge in [0.2, 0.25) is 0 Å². The van der Waals surface area contributed by atoms with Crippen molar-refractivity contribution in [3.05, 3.63) is 46.5 Å². The standard InChI is InChI=1S/C33H46N2O5S/c1-19-10-12-23(13-11-19)31-34-24(18-41-31)15-21(3)25-16-26-33(7,35-26)14-8-9-20(2)29(38)22(4)30(39)32(5,6)27(36)17-28(37)40-25/h10-13,15,18,20,22,25-27,29,35-36,38H,8-9,14,16-17H2,1-7H3/b21-15+/t20-,22+,25-,26-,27-,29-,33+/m0/s1. The largest absolute Gasteiger partial charge is 0.458 e. The number of rotatable bonds is 3. The fraction of sp³-hybridized carbons (Fsp3) is 0.606. The summed E-state index contributed by atoms with van der Waals surface area (Å²) >= 11 is 1.57. The number of nitrogens with one attached hydrogen (secondary N) is 1. The molecule has 41 heavy (non-hydrogen) atoms. The van der Waals surface area contributed by atoms with E-state index in [1.54, 1.807) is 32.1 Å². The monoisotopic (exact) mass is 582 g/mol. The quantitative estimate of drug-likeness (QED) is 0.313. The zero-order valence-corrected chi connectivity index (χ0v) is 26.3. The number of carbonyl (C=O) groups is 2. The Labute approximate surface area is 248 Å². The van der Waals surface area contributed by atoms with E-state index in [0.717, 1.165) is 41.1 Å². The number of aliphatic hydroxyl groups is 2. The Bertz CT molecular complexity index is 1270. The summed E-state index contributed by atoms with van der Waals surface area (Å²) < 4.78 is 6.00. The maximum Gasteiger partial charge on any atom is 0.309 e. The summed E-state index contributed by atoms with van der Waals surface area (Å²) in [5, 5.41) is 28.5. The number of nitrogens with zero attached hydrogens (tertiary/aromatic N) is 1. The second-order valence-corrected chi connectivity index (χ2v) is 14.0. The molecule has 0 unspecified atom stereocenters. The van der Waals surface area contributed by atoms with Crippen molar-refractivity contribution in [2.45, 2.75) is 110 Å². The van der Waals surface area contributed by atoms with Crippen molar-refractivity contribution in [2.24, 2.45) is 17.3 Å². The van der Waals surface area contributed by atoms with Gasteiger partial charge in [-0.1, -0.05) is 63.9 Å². The van der Waals surface area contributed by atoms with E-state index in [2.05, 4.69) is 43.4 Å². The van der Waals surface area contributed by atoms with Crippen LogP contribution >= 0.6 is 11.3 Å². The molecule has 8 heteroatoms. The second kappa shape index (κ2) is 12.5. The van der Waals surface area contributed by atoms with Crippen LogP contribution in [0.3, 0.4) is 0 Å². The van der Waals surface area contributed by atoms with Crippen molar-refractivity contribution >= 4 is 29.2 Å². The molecule has 0 amide bonds. The lowest BCUT2D eigenvalue weighted by molar-refractivity contribution is -0.154. The van der Waals surface area contributed by atoms with Gasteiger partial charge in [0, 0.05) is 34.9 Å². The number of thiazole rings is 1. The van der Waals surface area contributed by atoms with Crippen molar-refractivity contribution in [1.82, 2.24) is 10.3 Å². The number of hydrogen-bond donors (Lipinski definition) is 3. The molecule has 1 aromatic carbocycles. The van der Waals surface area contributed by atoms with E-state index in [9.17, 15) is 19.8 Å². The average Bonchev–Trinajstić information content (AvgIpc) is 3.31. The van der Waals surface area contributed by atoms with E-state index < -0.39 is 35.6 Å². The Morgan fingerprint density at radius 3 is 2.51 bits per heavy atom. The van der Waals surface area contributed by atoms with Crippen LogP contribution in [0.1, 0.15) is 84.9 Å². The van der Waals surface area contributed by atoms with Crippen molar-refractivity contribution in [2.75, 3.05) is 0 Å². The zero-order valence-electron chi connectivity index (χ0n) is 25.4. The molecule has 2 aliphatic heterocycles. The van der Waals surface area contributed by atoms with Gasteiger partial charge < -0.3 is 20.3 Å². The van der Waals surface area contributed by atoms with Crippen LogP contribution < -0.4 is 5.32 Å². The number of aliphatic hydroxyl groups excluding tert-OH is 2. The molecule has 0 bridgehead atoms. The summed E-state index contributed by atoms with van der Waals surface area (Å²) in [7, 11) is 0. The van der Waals surface area contributed by atoms with Crippen molar-refractivity contribution in [3.8, 4) is 10.6 Å². The van der Waals surface area contributed by atoms with E-state index in [0.29, 0.717) is 6.42 Å². The number of fused-ring (bicyclic) bond motifs is 1. The number of ether oxygens (including phenoxy) is 1. The smallest absolute Gasteiger partial charge is 0.309 e. The summed E-state index contributed by atoms with van der Waals surface area (Å²) in [5.41, 5.74) is 2.67. The molecule has 0 saturated carbocycles. The first kappa shape index (κ1) is 31.5. The highest BCUT2D eigenvalue weighted by Gasteiger charge is 2.50. The van der Waals surface area contributed by atoms with Crippen molar-refractivity contribution in [3.63, 3.8) is 0 Å². The molecule has 4 rings (SSSR count). The van der Waals surface area contributed by atoms with Gasteiger partial charge in [-0.15, -0.1) is 11.3 Å². The topological polar surface area (TPSA) is 119 Å². The normalized spacial score (nSPS) is 33.6. The molecule has 2 aliphatic rings. The number of Topliss-reactive ketones (excluding diaryl/α,β-unsaturated/α-hetero) is 1. The summed E-state index contributed by atoms with van der Waals surface area (Å²) in [6.45, 7) is 13.2. The van der Waals surface area contributed by atoms with Gasteiger partial charge in [-0.25, -0.2) is 4.98 Å². The minimum Gasteiger partial charge on any atom is -0.458 e. The highest BCUT2D eigenvalue weighted by molar-refractivity contribution is 7.13. The van der Waals surface area contributed by atoms with Crippen LogP contribution in [-0.4, -0.2) is 56.8 Å². The highest BCUT2D eigenvalue weighted by atomic mass is 32.1. The van der Waals surface area contributed by atoms with Gasteiger partial charge in [0.05, 0.1) is 29.7 Å². The first-order valence-corrected chi connectivity index (χ1v) is 15.7. The van der Waals surface area contributed by atoms with Crippen LogP contribution in [-0.2, 0) is 14.3 Å². The third kappa shape index (κ3) is 7.34. The van der Waals surface area contributed by atoms with E-state index >= 15 is 0 Å². The predicted octanol–water partition coefficient (Wildman–Crippen LogP) is 5.72. The lowest BCUT2D eigenvalue weighted by atomic mass is 9.73. The van der Waals surface area contributed by atoms with Crippen molar-refractivity contribution < 1.29 is 24.5 Å². The molecule has 0 aliphatic carbocycles. The fourth-order valence-electron chi connectivity index (χ4n) is 5.95. The zero-order chi connectivity index (χ0) is 30.1. The molecular formula is C33H46N2O5S. The molecule has 0 radical (unpaired) electrons. The highest BCUT2D eigenvalue weighted by Crippen LogP contribution is 2.38. The molecule has 224 valence electrons. The Kier molecular flexibility index (Phi) is 9.58. The van der Waals surface area contributed by atoms with E-state index in [4.69, 9.17) is 9.72 Å². The van der Waals surface area contributed by atoms with Crippen molar-refractivity contribution in [1.29, 1.82) is 0 Å². The Balaban J connectivity index is 1.57. The fourth-order valence-corrected chi connectivity index (χ4v) is 6.73. The van der Waals surface area contributed by atoms with Gasteiger partial charge in [0.25, 0.3) is 0 Å². The Morgan fingerprint density at radius 2 is 1.83 bits per heavy atom. The van der Waals surface area contributed by atoms with Crippen LogP contribution in [0.4, 0.5) is 0 Å². The van der Waals surface area contributed by atoms with Crippen LogP contribution in [0.2, 0.25) is 0 Å². The lowest BCUT2D eigenvalue weighted by Gasteiger charge is -2.34. The molecule has 2 fully saturated rings. The second-order valence-electron chi connectivity index (χ2n) is 13.1. The number of hydrogen-bond acceptors (Lipinski definition) is 8.